The maximum Gasteiger partial charge on any atom is 0.227 e. The van der Waals surface area contributed by atoms with Crippen molar-refractivity contribution >= 4 is 27.3 Å². The summed E-state index contributed by atoms with van der Waals surface area (Å²) >= 11 is 0. The lowest BCUT2D eigenvalue weighted by atomic mass is 10.1. The first-order chi connectivity index (χ1) is 14.4. The Morgan fingerprint density at radius 3 is 2.33 bits per heavy atom. The van der Waals surface area contributed by atoms with Crippen molar-refractivity contribution < 1.29 is 18.0 Å². The zero-order valence-corrected chi connectivity index (χ0v) is 17.2. The van der Waals surface area contributed by atoms with Crippen molar-refractivity contribution in [2.24, 2.45) is 5.92 Å². The number of amides is 2. The molecule has 0 spiro atoms. The Morgan fingerprint density at radius 1 is 1.03 bits per heavy atom. The van der Waals surface area contributed by atoms with Crippen LogP contribution in [-0.2, 0) is 32.4 Å². The second kappa shape index (κ2) is 8.39. The Kier molecular flexibility index (Phi) is 5.67. The van der Waals surface area contributed by atoms with E-state index >= 15 is 0 Å². The highest BCUT2D eigenvalue weighted by Gasteiger charge is 2.31. The van der Waals surface area contributed by atoms with E-state index in [9.17, 15) is 18.0 Å². The number of rotatable bonds is 7. The van der Waals surface area contributed by atoms with E-state index in [1.165, 1.54) is 5.41 Å². The Labute approximate surface area is 175 Å². The molecule has 8 heteroatoms. The Hall–Kier alpha value is -3.00. The molecule has 1 unspecified atom stereocenters. The van der Waals surface area contributed by atoms with Gasteiger partial charge in [0, 0.05) is 36.0 Å². The molecule has 2 amide bonds. The quantitative estimate of drug-likeness (QED) is 0.734. The van der Waals surface area contributed by atoms with Crippen molar-refractivity contribution in [1.82, 2.24) is 9.88 Å². The minimum absolute atomic E-state index is 0.0385. The summed E-state index contributed by atoms with van der Waals surface area (Å²) in [6.45, 7) is 0.307. The van der Waals surface area contributed by atoms with Gasteiger partial charge in [-0.1, -0.05) is 12.1 Å². The number of carbonyl (C=O) groups is 2. The molecule has 4 rings (SSSR count). The van der Waals surface area contributed by atoms with Crippen LogP contribution in [0.2, 0.25) is 0 Å². The van der Waals surface area contributed by atoms with Gasteiger partial charge in [0.2, 0.25) is 11.8 Å². The first-order valence-electron chi connectivity index (χ1n) is 9.89. The molecule has 0 bridgehead atoms. The number of sulfone groups is 1. The second-order valence-electron chi connectivity index (χ2n) is 7.74. The van der Waals surface area contributed by atoms with Crippen LogP contribution in [0.1, 0.15) is 24.0 Å². The molecule has 1 aromatic heterocycles. The number of benzene rings is 1. The van der Waals surface area contributed by atoms with E-state index in [1.54, 1.807) is 35.5 Å². The van der Waals surface area contributed by atoms with Crippen LogP contribution in [0.15, 0.2) is 60.3 Å². The van der Waals surface area contributed by atoms with Crippen molar-refractivity contribution in [1.29, 1.82) is 0 Å². The van der Waals surface area contributed by atoms with Crippen LogP contribution in [0.5, 0.6) is 0 Å². The van der Waals surface area contributed by atoms with Crippen molar-refractivity contribution in [3.05, 3.63) is 71.4 Å². The summed E-state index contributed by atoms with van der Waals surface area (Å²) in [5.74, 6) is -0.0932. The highest BCUT2D eigenvalue weighted by molar-refractivity contribution is 7.94. The van der Waals surface area contributed by atoms with Crippen LogP contribution in [0.3, 0.4) is 0 Å². The van der Waals surface area contributed by atoms with E-state index in [2.05, 4.69) is 10.3 Å². The van der Waals surface area contributed by atoms with E-state index in [4.69, 9.17) is 0 Å². The lowest BCUT2D eigenvalue weighted by Crippen LogP contribution is -2.41. The van der Waals surface area contributed by atoms with Gasteiger partial charge in [-0.05, 0) is 54.3 Å². The lowest BCUT2D eigenvalue weighted by molar-refractivity contribution is -0.132. The van der Waals surface area contributed by atoms with Crippen LogP contribution in [0, 0.1) is 5.92 Å². The number of pyridine rings is 1. The zero-order chi connectivity index (χ0) is 21.1. The Balaban J connectivity index is 1.45. The number of hydrogen-bond donors (Lipinski definition) is 1. The van der Waals surface area contributed by atoms with Gasteiger partial charge >= 0.3 is 0 Å². The molecule has 1 saturated carbocycles. The van der Waals surface area contributed by atoms with Gasteiger partial charge in [0.05, 0.1) is 18.2 Å². The van der Waals surface area contributed by atoms with Crippen molar-refractivity contribution in [2.75, 3.05) is 11.1 Å². The first kappa shape index (κ1) is 20.3. The van der Waals surface area contributed by atoms with Crippen molar-refractivity contribution in [2.45, 2.75) is 31.8 Å². The largest absolute Gasteiger partial charge is 0.331 e. The fraction of sp³-hybridized carbons (Fsp3) is 0.318. The molecule has 0 radical (unpaired) electrons. The van der Waals surface area contributed by atoms with E-state index in [0.717, 1.165) is 24.0 Å². The maximum absolute atomic E-state index is 13.1. The summed E-state index contributed by atoms with van der Waals surface area (Å²) in [4.78, 5) is 30.5. The molecule has 2 heterocycles. The molecule has 156 valence electrons. The second-order valence-corrected chi connectivity index (χ2v) is 9.67. The van der Waals surface area contributed by atoms with Crippen molar-refractivity contribution in [3.8, 4) is 0 Å². The fourth-order valence-electron chi connectivity index (χ4n) is 3.40. The molecule has 1 atom stereocenters. The molecule has 2 aliphatic rings. The summed E-state index contributed by atoms with van der Waals surface area (Å²) in [6.07, 6.45) is 6.90. The van der Waals surface area contributed by atoms with Gasteiger partial charge < -0.3 is 10.2 Å². The monoisotopic (exact) mass is 425 g/mol. The molecule has 7 nitrogen and oxygen atoms in total. The van der Waals surface area contributed by atoms with Gasteiger partial charge in [-0.25, -0.2) is 8.42 Å². The number of nitrogens with one attached hydrogen (secondary N) is 1. The summed E-state index contributed by atoms with van der Waals surface area (Å²) < 4.78 is 23.8. The molecule has 30 heavy (non-hydrogen) atoms. The van der Waals surface area contributed by atoms with Gasteiger partial charge in [-0.15, -0.1) is 0 Å². The van der Waals surface area contributed by atoms with Gasteiger partial charge in [-0.3, -0.25) is 14.6 Å². The highest BCUT2D eigenvalue weighted by atomic mass is 32.2. The molecule has 1 N–H and O–H groups in total. The smallest absolute Gasteiger partial charge is 0.227 e. The summed E-state index contributed by atoms with van der Waals surface area (Å²) in [5, 5.41) is 4.06. The molecular formula is C22H23N3O4S. The molecule has 1 aliphatic carbocycles. The predicted octanol–water partition coefficient (Wildman–Crippen LogP) is 2.31. The molecule has 1 aromatic carbocycles. The topological polar surface area (TPSA) is 96.4 Å². The number of anilines is 1. The van der Waals surface area contributed by atoms with Crippen LogP contribution < -0.4 is 5.32 Å². The van der Waals surface area contributed by atoms with Crippen LogP contribution in [0.25, 0.3) is 0 Å². The van der Waals surface area contributed by atoms with E-state index in [-0.39, 0.29) is 29.9 Å². The highest BCUT2D eigenvalue weighted by Crippen LogP contribution is 2.30. The standard InChI is InChI=1S/C22H23N3O4S/c26-21(13-16-1-5-19(6-2-16)24-22(27)18-3-4-18)25(14-17-7-10-23-11-8-17)20-9-12-30(28,29)15-20/h1-2,5-12,18,20H,3-4,13-15H2,(H,24,27). The average Bonchev–Trinajstić information content (AvgIpc) is 3.52. The normalized spacial score (nSPS) is 19.4. The summed E-state index contributed by atoms with van der Waals surface area (Å²) in [6, 6.07) is 10.3. The predicted molar refractivity (Wildman–Crippen MR) is 113 cm³/mol. The van der Waals surface area contributed by atoms with Gasteiger partial charge in [0.25, 0.3) is 0 Å². The van der Waals surface area contributed by atoms with Crippen molar-refractivity contribution in [3.63, 3.8) is 0 Å². The summed E-state index contributed by atoms with van der Waals surface area (Å²) in [5.41, 5.74) is 2.39. The first-order valence-corrected chi connectivity index (χ1v) is 11.6. The number of carbonyl (C=O) groups excluding carboxylic acids is 2. The molecule has 0 saturated heterocycles. The number of nitrogens with zero attached hydrogens (tertiary/aromatic N) is 2. The lowest BCUT2D eigenvalue weighted by Gasteiger charge is -2.28. The summed E-state index contributed by atoms with van der Waals surface area (Å²) in [7, 11) is -3.29. The average molecular weight is 426 g/mol. The van der Waals surface area contributed by atoms with Gasteiger partial charge in [-0.2, -0.15) is 0 Å². The molecule has 1 fully saturated rings. The van der Waals surface area contributed by atoms with Gasteiger partial charge in [0.15, 0.2) is 9.84 Å². The third-order valence-electron chi connectivity index (χ3n) is 5.26. The Bertz CT molecular complexity index is 1060. The maximum atomic E-state index is 13.1. The van der Waals surface area contributed by atoms with Crippen LogP contribution in [-0.4, -0.2) is 41.9 Å². The number of hydrogen-bond acceptors (Lipinski definition) is 5. The van der Waals surface area contributed by atoms with Crippen LogP contribution in [0.4, 0.5) is 5.69 Å². The minimum atomic E-state index is -3.29. The molecule has 1 aliphatic heterocycles. The van der Waals surface area contributed by atoms with E-state index < -0.39 is 15.9 Å². The third-order valence-corrected chi connectivity index (χ3v) is 6.64. The third kappa shape index (κ3) is 5.13. The van der Waals surface area contributed by atoms with E-state index in [0.29, 0.717) is 12.2 Å². The Morgan fingerprint density at radius 2 is 1.73 bits per heavy atom. The van der Waals surface area contributed by atoms with E-state index in [1.807, 2.05) is 24.3 Å². The minimum Gasteiger partial charge on any atom is -0.331 e. The molecular weight excluding hydrogens is 402 g/mol. The van der Waals surface area contributed by atoms with Gasteiger partial charge in [0.1, 0.15) is 0 Å². The fourth-order valence-corrected chi connectivity index (χ4v) is 4.70. The van der Waals surface area contributed by atoms with Crippen LogP contribution >= 0.6 is 0 Å². The number of aromatic nitrogens is 1. The molecule has 2 aromatic rings. The SMILES string of the molecule is O=C(Nc1ccc(CC(=O)N(Cc2ccncc2)C2C=CS(=O)(=O)C2)cc1)C1CC1. The zero-order valence-electron chi connectivity index (χ0n) is 16.4.